The number of ether oxygens (including phenoxy) is 1. The molecule has 0 aromatic carbocycles. The summed E-state index contributed by atoms with van der Waals surface area (Å²) in [4.78, 5) is 31.9. The van der Waals surface area contributed by atoms with Crippen LogP contribution in [0.2, 0.25) is 0 Å². The lowest BCUT2D eigenvalue weighted by atomic mass is 10.2. The Morgan fingerprint density at radius 3 is 2.38 bits per heavy atom. The van der Waals surface area contributed by atoms with Crippen molar-refractivity contribution in [3.05, 3.63) is 29.2 Å². The van der Waals surface area contributed by atoms with Crippen molar-refractivity contribution in [2.45, 2.75) is 52.5 Å². The van der Waals surface area contributed by atoms with Crippen LogP contribution in [0.5, 0.6) is 5.88 Å². The molecule has 0 spiro atoms. The molecule has 0 atom stereocenters. The van der Waals surface area contributed by atoms with Gasteiger partial charge >= 0.3 is 0 Å². The quantitative estimate of drug-likeness (QED) is 0.440. The van der Waals surface area contributed by atoms with Gasteiger partial charge in [0.05, 0.1) is 24.2 Å². The molecule has 13 heteroatoms. The number of hydrogen-bond donors (Lipinski definition) is 2. The molecule has 3 heterocycles. The molecule has 2 aromatic rings. The lowest BCUT2D eigenvalue weighted by Crippen LogP contribution is -2.48. The zero-order valence-electron chi connectivity index (χ0n) is 22.2. The summed E-state index contributed by atoms with van der Waals surface area (Å²) in [6.45, 7) is 13.2. The third kappa shape index (κ3) is 6.28. The van der Waals surface area contributed by atoms with Crippen molar-refractivity contribution in [1.29, 1.82) is 0 Å². The minimum atomic E-state index is -3.88. The summed E-state index contributed by atoms with van der Waals surface area (Å²) in [7, 11) is -3.88. The van der Waals surface area contributed by atoms with Crippen LogP contribution in [0.3, 0.4) is 0 Å². The molecule has 0 bridgehead atoms. The van der Waals surface area contributed by atoms with Gasteiger partial charge in [0.25, 0.3) is 11.8 Å². The first-order valence-corrected chi connectivity index (χ1v) is 14.0. The average molecular weight is 536 g/mol. The van der Waals surface area contributed by atoms with Gasteiger partial charge in [-0.1, -0.05) is 27.7 Å². The number of amides is 2. The molecule has 204 valence electrons. The molecule has 3 N–H and O–H groups in total. The van der Waals surface area contributed by atoms with E-state index in [1.54, 1.807) is 11.6 Å². The van der Waals surface area contributed by atoms with Crippen LogP contribution in [0.4, 0.5) is 5.69 Å². The fraction of sp³-hybridized carbons (Fsp3) is 0.583. The Kier molecular flexibility index (Phi) is 9.26. The molecule has 1 aliphatic heterocycles. The SMILES string of the molecule is CCOc1ncc(S(=O)(=O)N2CCN(CC)CC2)cc1C(=O)Nc1c(C(N)=O)nn(CC(C)C)c1CC. The van der Waals surface area contributed by atoms with Crippen LogP contribution in [0.25, 0.3) is 0 Å². The smallest absolute Gasteiger partial charge is 0.271 e. The molecule has 1 aliphatic rings. The molecule has 2 aromatic heterocycles. The fourth-order valence-corrected chi connectivity index (χ4v) is 5.66. The van der Waals surface area contributed by atoms with E-state index in [1.807, 2.05) is 27.7 Å². The third-order valence-corrected chi connectivity index (χ3v) is 8.03. The molecule has 1 fully saturated rings. The molecule has 0 radical (unpaired) electrons. The highest BCUT2D eigenvalue weighted by atomic mass is 32.2. The number of likely N-dealkylation sites (N-methyl/N-ethyl adjacent to an activating group) is 1. The number of hydrogen-bond acceptors (Lipinski definition) is 8. The second kappa shape index (κ2) is 12.0. The lowest BCUT2D eigenvalue weighted by Gasteiger charge is -2.33. The number of nitrogens with two attached hydrogens (primary N) is 1. The minimum absolute atomic E-state index is 0.0111. The highest BCUT2D eigenvalue weighted by molar-refractivity contribution is 7.89. The molecule has 3 rings (SSSR count). The number of nitrogens with one attached hydrogen (secondary N) is 1. The molecule has 0 aliphatic carbocycles. The Balaban J connectivity index is 1.99. The van der Waals surface area contributed by atoms with E-state index in [4.69, 9.17) is 10.5 Å². The molecule has 2 amide bonds. The summed E-state index contributed by atoms with van der Waals surface area (Å²) < 4.78 is 35.3. The first kappa shape index (κ1) is 28.5. The van der Waals surface area contributed by atoms with Gasteiger partial charge in [-0.15, -0.1) is 0 Å². The number of anilines is 1. The van der Waals surface area contributed by atoms with E-state index in [0.717, 1.165) is 6.54 Å². The number of sulfonamides is 1. The fourth-order valence-electron chi connectivity index (χ4n) is 4.26. The number of piperazine rings is 1. The zero-order chi connectivity index (χ0) is 27.3. The van der Waals surface area contributed by atoms with Crippen molar-refractivity contribution >= 4 is 27.5 Å². The maximum atomic E-state index is 13.5. The summed E-state index contributed by atoms with van der Waals surface area (Å²) in [6, 6.07) is 1.27. The van der Waals surface area contributed by atoms with E-state index in [0.29, 0.717) is 44.8 Å². The Hall–Kier alpha value is -3.03. The Morgan fingerprint density at radius 1 is 1.16 bits per heavy atom. The lowest BCUT2D eigenvalue weighted by molar-refractivity contribution is 0.0995. The number of pyridine rings is 1. The van der Waals surface area contributed by atoms with E-state index in [1.165, 1.54) is 16.6 Å². The second-order valence-corrected chi connectivity index (χ2v) is 11.2. The monoisotopic (exact) mass is 535 g/mol. The number of rotatable bonds is 11. The summed E-state index contributed by atoms with van der Waals surface area (Å²) in [6.07, 6.45) is 1.69. The number of nitrogens with zero attached hydrogens (tertiary/aromatic N) is 5. The molecular formula is C24H37N7O5S. The Morgan fingerprint density at radius 2 is 1.84 bits per heavy atom. The van der Waals surface area contributed by atoms with Gasteiger partial charge in [0.2, 0.25) is 15.9 Å². The minimum Gasteiger partial charge on any atom is -0.477 e. The van der Waals surface area contributed by atoms with Gasteiger partial charge in [0.1, 0.15) is 10.5 Å². The van der Waals surface area contributed by atoms with Crippen LogP contribution in [0.15, 0.2) is 17.2 Å². The number of primary amides is 1. The van der Waals surface area contributed by atoms with Crippen LogP contribution < -0.4 is 15.8 Å². The van der Waals surface area contributed by atoms with Crippen LogP contribution in [0.1, 0.15) is 61.2 Å². The normalized spacial score (nSPS) is 15.2. The number of carbonyl (C=O) groups excluding carboxylic acids is 2. The maximum Gasteiger partial charge on any atom is 0.271 e. The van der Waals surface area contributed by atoms with Crippen LogP contribution in [-0.2, 0) is 23.0 Å². The van der Waals surface area contributed by atoms with Gasteiger partial charge in [0, 0.05) is 32.7 Å². The summed E-state index contributed by atoms with van der Waals surface area (Å²) in [5.74, 6) is -1.23. The molecule has 37 heavy (non-hydrogen) atoms. The van der Waals surface area contributed by atoms with E-state index in [9.17, 15) is 18.0 Å². The number of aromatic nitrogens is 3. The van der Waals surface area contributed by atoms with E-state index in [-0.39, 0.29) is 40.2 Å². The summed E-state index contributed by atoms with van der Waals surface area (Å²) >= 11 is 0. The van der Waals surface area contributed by atoms with E-state index < -0.39 is 21.8 Å². The van der Waals surface area contributed by atoms with E-state index in [2.05, 4.69) is 20.3 Å². The van der Waals surface area contributed by atoms with Crippen LogP contribution >= 0.6 is 0 Å². The van der Waals surface area contributed by atoms with Gasteiger partial charge in [-0.2, -0.15) is 9.40 Å². The highest BCUT2D eigenvalue weighted by Gasteiger charge is 2.31. The van der Waals surface area contributed by atoms with Crippen molar-refractivity contribution in [2.75, 3.05) is 44.6 Å². The first-order chi connectivity index (χ1) is 17.5. The summed E-state index contributed by atoms with van der Waals surface area (Å²) in [5, 5.41) is 7.06. The van der Waals surface area contributed by atoms with Crippen molar-refractivity contribution in [2.24, 2.45) is 11.7 Å². The Labute approximate surface area is 218 Å². The van der Waals surface area contributed by atoms with E-state index >= 15 is 0 Å². The third-order valence-electron chi connectivity index (χ3n) is 6.17. The number of carbonyl (C=O) groups is 2. The largest absolute Gasteiger partial charge is 0.477 e. The molecule has 1 saturated heterocycles. The zero-order valence-corrected chi connectivity index (χ0v) is 23.0. The van der Waals surface area contributed by atoms with Gasteiger partial charge in [-0.3, -0.25) is 14.3 Å². The van der Waals surface area contributed by atoms with Gasteiger partial charge in [-0.25, -0.2) is 13.4 Å². The second-order valence-electron chi connectivity index (χ2n) is 9.21. The van der Waals surface area contributed by atoms with Gasteiger partial charge in [-0.05, 0) is 31.9 Å². The predicted molar refractivity (Wildman–Crippen MR) is 139 cm³/mol. The molecule has 0 saturated carbocycles. The van der Waals surface area contributed by atoms with Crippen LogP contribution in [-0.4, -0.2) is 83.5 Å². The van der Waals surface area contributed by atoms with Gasteiger partial charge < -0.3 is 20.7 Å². The first-order valence-electron chi connectivity index (χ1n) is 12.6. The van der Waals surface area contributed by atoms with Crippen LogP contribution in [0, 0.1) is 5.92 Å². The highest BCUT2D eigenvalue weighted by Crippen LogP contribution is 2.27. The Bertz CT molecular complexity index is 1230. The molecule has 0 unspecified atom stereocenters. The topological polar surface area (TPSA) is 153 Å². The van der Waals surface area contributed by atoms with Crippen molar-refractivity contribution in [3.63, 3.8) is 0 Å². The predicted octanol–water partition coefficient (Wildman–Crippen LogP) is 1.57. The van der Waals surface area contributed by atoms with Crippen molar-refractivity contribution < 1.29 is 22.7 Å². The standard InChI is InChI=1S/C24H37N7O5S/c1-6-19-20(21(22(25)32)28-31(19)15-16(4)5)27-23(33)18-13-17(14-26-24(18)36-8-3)37(34,35)30-11-9-29(7-2)10-12-30/h13-14,16H,6-12,15H2,1-5H3,(H2,25,32)(H,27,33). The van der Waals surface area contributed by atoms with Crippen molar-refractivity contribution in [1.82, 2.24) is 24.0 Å². The average Bonchev–Trinajstić information content (AvgIpc) is 3.20. The van der Waals surface area contributed by atoms with Crippen molar-refractivity contribution in [3.8, 4) is 5.88 Å². The van der Waals surface area contributed by atoms with Gasteiger partial charge in [0.15, 0.2) is 5.69 Å². The molecular weight excluding hydrogens is 498 g/mol. The molecule has 12 nitrogen and oxygen atoms in total. The summed E-state index contributed by atoms with van der Waals surface area (Å²) in [5.41, 5.74) is 6.28. The maximum absolute atomic E-state index is 13.5.